The van der Waals surface area contributed by atoms with E-state index in [2.05, 4.69) is 10.6 Å². The van der Waals surface area contributed by atoms with Crippen molar-refractivity contribution >= 4 is 23.4 Å². The quantitative estimate of drug-likeness (QED) is 0.648. The highest BCUT2D eigenvalue weighted by Gasteiger charge is 2.30. The normalized spacial score (nSPS) is 14.7. The van der Waals surface area contributed by atoms with E-state index in [1.807, 2.05) is 30.9 Å². The standard InChI is InChI=1S/C19H28N4O3/c1-12(2)18(20)19(26)21-10-17(25)22-15-6-4-14(5-7-15)11-23(13(3)24)16-8-9-16/h4-7,12,16,18H,8-11,20H2,1-3H3,(H,21,26)(H,22,25)/t18-/m0/s1. The second kappa shape index (κ2) is 8.80. The molecule has 0 aromatic heterocycles. The van der Waals surface area contributed by atoms with E-state index in [1.54, 1.807) is 19.1 Å². The molecule has 0 unspecified atom stereocenters. The number of nitrogens with zero attached hydrogens (tertiary/aromatic N) is 1. The number of hydrogen-bond donors (Lipinski definition) is 3. The van der Waals surface area contributed by atoms with Gasteiger partial charge in [-0.05, 0) is 36.5 Å². The van der Waals surface area contributed by atoms with E-state index < -0.39 is 6.04 Å². The third kappa shape index (κ3) is 5.84. The molecule has 1 saturated carbocycles. The highest BCUT2D eigenvalue weighted by atomic mass is 16.2. The second-order valence-corrected chi connectivity index (χ2v) is 7.11. The van der Waals surface area contributed by atoms with Gasteiger partial charge in [0, 0.05) is 25.2 Å². The molecule has 142 valence electrons. The highest BCUT2D eigenvalue weighted by molar-refractivity contribution is 5.95. The summed E-state index contributed by atoms with van der Waals surface area (Å²) in [4.78, 5) is 37.3. The predicted molar refractivity (Wildman–Crippen MR) is 100 cm³/mol. The molecular weight excluding hydrogens is 332 g/mol. The average molecular weight is 360 g/mol. The van der Waals surface area contributed by atoms with Crippen molar-refractivity contribution in [2.24, 2.45) is 11.7 Å². The maximum Gasteiger partial charge on any atom is 0.243 e. The molecule has 0 radical (unpaired) electrons. The van der Waals surface area contributed by atoms with E-state index in [1.165, 1.54) is 0 Å². The fourth-order valence-corrected chi connectivity index (χ4v) is 2.57. The van der Waals surface area contributed by atoms with Crippen molar-refractivity contribution in [1.29, 1.82) is 0 Å². The zero-order valence-corrected chi connectivity index (χ0v) is 15.6. The van der Waals surface area contributed by atoms with Gasteiger partial charge < -0.3 is 21.3 Å². The second-order valence-electron chi connectivity index (χ2n) is 7.11. The van der Waals surface area contributed by atoms with Crippen LogP contribution in [0.3, 0.4) is 0 Å². The van der Waals surface area contributed by atoms with E-state index >= 15 is 0 Å². The lowest BCUT2D eigenvalue weighted by Gasteiger charge is -2.20. The summed E-state index contributed by atoms with van der Waals surface area (Å²) in [6.07, 6.45) is 2.14. The van der Waals surface area contributed by atoms with Gasteiger partial charge in [0.05, 0.1) is 12.6 Å². The van der Waals surface area contributed by atoms with Crippen molar-refractivity contribution in [3.05, 3.63) is 29.8 Å². The van der Waals surface area contributed by atoms with Gasteiger partial charge in [-0.3, -0.25) is 14.4 Å². The van der Waals surface area contributed by atoms with E-state index in [4.69, 9.17) is 5.73 Å². The van der Waals surface area contributed by atoms with E-state index in [-0.39, 0.29) is 30.2 Å². The molecule has 1 aliphatic carbocycles. The summed E-state index contributed by atoms with van der Waals surface area (Å²) >= 11 is 0. The van der Waals surface area contributed by atoms with Crippen molar-refractivity contribution < 1.29 is 14.4 Å². The number of benzene rings is 1. The van der Waals surface area contributed by atoms with E-state index in [0.717, 1.165) is 18.4 Å². The number of carbonyl (C=O) groups is 3. The van der Waals surface area contributed by atoms with Crippen molar-refractivity contribution in [1.82, 2.24) is 10.2 Å². The number of hydrogen-bond acceptors (Lipinski definition) is 4. The van der Waals surface area contributed by atoms with Crippen molar-refractivity contribution in [3.8, 4) is 0 Å². The number of amides is 3. The van der Waals surface area contributed by atoms with E-state index in [9.17, 15) is 14.4 Å². The molecule has 1 atom stereocenters. The summed E-state index contributed by atoms with van der Waals surface area (Å²) in [6, 6.07) is 7.10. The Morgan fingerprint density at radius 2 is 1.81 bits per heavy atom. The molecule has 3 amide bonds. The molecule has 4 N–H and O–H groups in total. The van der Waals surface area contributed by atoms with Crippen LogP contribution in [0.2, 0.25) is 0 Å². The lowest BCUT2D eigenvalue weighted by molar-refractivity contribution is -0.130. The molecule has 2 rings (SSSR count). The molecule has 1 aromatic rings. The van der Waals surface area contributed by atoms with Crippen LogP contribution in [-0.2, 0) is 20.9 Å². The molecular formula is C19H28N4O3. The molecule has 0 aliphatic heterocycles. The van der Waals surface area contributed by atoms with Crippen LogP contribution in [-0.4, -0.2) is 41.2 Å². The first-order valence-electron chi connectivity index (χ1n) is 8.97. The molecule has 26 heavy (non-hydrogen) atoms. The van der Waals surface area contributed by atoms with Crippen molar-refractivity contribution in [3.63, 3.8) is 0 Å². The van der Waals surface area contributed by atoms with Crippen LogP contribution in [0.4, 0.5) is 5.69 Å². The minimum absolute atomic E-state index is 0.0100. The van der Waals surface area contributed by atoms with Gasteiger partial charge >= 0.3 is 0 Å². The van der Waals surface area contributed by atoms with Gasteiger partial charge in [0.2, 0.25) is 17.7 Å². The number of rotatable bonds is 8. The molecule has 0 saturated heterocycles. The Balaban J connectivity index is 1.81. The van der Waals surface area contributed by atoms with Gasteiger partial charge in [-0.2, -0.15) is 0 Å². The first-order valence-corrected chi connectivity index (χ1v) is 8.97. The Morgan fingerprint density at radius 1 is 1.19 bits per heavy atom. The maximum atomic E-state index is 11.9. The zero-order chi connectivity index (χ0) is 19.3. The van der Waals surface area contributed by atoms with Gasteiger partial charge in [-0.25, -0.2) is 0 Å². The van der Waals surface area contributed by atoms with Crippen molar-refractivity contribution in [2.75, 3.05) is 11.9 Å². The molecule has 7 heteroatoms. The maximum absolute atomic E-state index is 11.9. The molecule has 7 nitrogen and oxygen atoms in total. The molecule has 1 aliphatic rings. The van der Waals surface area contributed by atoms with Crippen LogP contribution in [0.1, 0.15) is 39.2 Å². The van der Waals surface area contributed by atoms with Gasteiger partial charge in [0.15, 0.2) is 0 Å². The minimum atomic E-state index is -0.627. The summed E-state index contributed by atoms with van der Waals surface area (Å²) in [7, 11) is 0. The molecule has 0 heterocycles. The van der Waals surface area contributed by atoms with Crippen LogP contribution in [0, 0.1) is 5.92 Å². The zero-order valence-electron chi connectivity index (χ0n) is 15.6. The predicted octanol–water partition coefficient (Wildman–Crippen LogP) is 1.24. The fourth-order valence-electron chi connectivity index (χ4n) is 2.57. The first kappa shape index (κ1) is 19.9. The summed E-state index contributed by atoms with van der Waals surface area (Å²) < 4.78 is 0. The van der Waals surface area contributed by atoms with Gasteiger partial charge in [-0.15, -0.1) is 0 Å². The van der Waals surface area contributed by atoms with Crippen LogP contribution < -0.4 is 16.4 Å². The average Bonchev–Trinajstić information content (AvgIpc) is 3.42. The van der Waals surface area contributed by atoms with Crippen LogP contribution in [0.15, 0.2) is 24.3 Å². The monoisotopic (exact) mass is 360 g/mol. The summed E-state index contributed by atoms with van der Waals surface area (Å²) in [5, 5.41) is 5.26. The Kier molecular flexibility index (Phi) is 6.74. The lowest BCUT2D eigenvalue weighted by atomic mass is 10.1. The minimum Gasteiger partial charge on any atom is -0.346 e. The molecule has 1 aromatic carbocycles. The molecule has 0 spiro atoms. The Hall–Kier alpha value is -2.41. The van der Waals surface area contributed by atoms with Gasteiger partial charge in [0.25, 0.3) is 0 Å². The smallest absolute Gasteiger partial charge is 0.243 e. The first-order chi connectivity index (χ1) is 12.3. The third-order valence-corrected chi connectivity index (χ3v) is 4.43. The molecule has 0 bridgehead atoms. The fraction of sp³-hybridized carbons (Fsp3) is 0.526. The summed E-state index contributed by atoms with van der Waals surface area (Å²) in [5.74, 6) is -0.559. The Labute approximate surface area is 154 Å². The molecule has 1 fully saturated rings. The number of nitrogens with one attached hydrogen (secondary N) is 2. The number of anilines is 1. The summed E-state index contributed by atoms with van der Waals surface area (Å²) in [6.45, 7) is 5.75. The van der Waals surface area contributed by atoms with E-state index in [0.29, 0.717) is 18.3 Å². The Bertz CT molecular complexity index is 653. The lowest BCUT2D eigenvalue weighted by Crippen LogP contribution is -2.46. The third-order valence-electron chi connectivity index (χ3n) is 4.43. The number of carbonyl (C=O) groups excluding carboxylic acids is 3. The van der Waals surface area contributed by atoms with Crippen LogP contribution in [0.25, 0.3) is 0 Å². The van der Waals surface area contributed by atoms with Gasteiger partial charge in [-0.1, -0.05) is 26.0 Å². The highest BCUT2D eigenvalue weighted by Crippen LogP contribution is 2.28. The van der Waals surface area contributed by atoms with Crippen molar-refractivity contribution in [2.45, 2.75) is 52.2 Å². The number of nitrogens with two attached hydrogens (primary N) is 1. The largest absolute Gasteiger partial charge is 0.346 e. The topological polar surface area (TPSA) is 105 Å². The van der Waals surface area contributed by atoms with Crippen LogP contribution in [0.5, 0.6) is 0 Å². The van der Waals surface area contributed by atoms with Gasteiger partial charge in [0.1, 0.15) is 0 Å². The van der Waals surface area contributed by atoms with Crippen LogP contribution >= 0.6 is 0 Å². The Morgan fingerprint density at radius 3 is 2.31 bits per heavy atom. The summed E-state index contributed by atoms with van der Waals surface area (Å²) in [5.41, 5.74) is 7.39. The SMILES string of the molecule is CC(=O)N(Cc1ccc(NC(=O)CNC(=O)[C@@H](N)C(C)C)cc1)C1CC1.